The molecule has 0 spiro atoms. The Kier molecular flexibility index (Phi) is 6.97. The minimum Gasteiger partial charge on any atom is -0.312 e. The van der Waals surface area contributed by atoms with Crippen LogP contribution >= 0.6 is 34.7 Å². The van der Waals surface area contributed by atoms with E-state index in [1.165, 1.54) is 16.2 Å². The van der Waals surface area contributed by atoms with Gasteiger partial charge in [-0.25, -0.2) is 0 Å². The van der Waals surface area contributed by atoms with Gasteiger partial charge in [0.05, 0.1) is 5.56 Å². The van der Waals surface area contributed by atoms with Crippen LogP contribution in [0.5, 0.6) is 0 Å². The third-order valence-corrected chi connectivity index (χ3v) is 7.59. The van der Waals surface area contributed by atoms with E-state index >= 15 is 0 Å². The summed E-state index contributed by atoms with van der Waals surface area (Å²) in [5, 5.41) is 23.1. The molecule has 158 valence electrons. The molecule has 0 bridgehead atoms. The fraction of sp³-hybridized carbons (Fsp3) is 0.160. The molecule has 0 saturated heterocycles. The minimum absolute atomic E-state index is 0.00151. The molecule has 0 aliphatic heterocycles. The molecular weight excluding hydrogens is 458 g/mol. The molecule has 1 amide bonds. The molecule has 1 aliphatic rings. The van der Waals surface area contributed by atoms with Crippen molar-refractivity contribution in [1.82, 2.24) is 0 Å². The van der Waals surface area contributed by atoms with Crippen molar-refractivity contribution in [2.45, 2.75) is 35.5 Å². The van der Waals surface area contributed by atoms with Gasteiger partial charge in [0.15, 0.2) is 0 Å². The Hall–Kier alpha value is -3.03. The molecule has 32 heavy (non-hydrogen) atoms. The number of halogens is 1. The summed E-state index contributed by atoms with van der Waals surface area (Å²) in [5.74, 6) is -0.498. The van der Waals surface area contributed by atoms with Crippen LogP contribution in [0, 0.1) is 22.7 Å². The zero-order chi connectivity index (χ0) is 22.5. The number of nitriles is 2. The summed E-state index contributed by atoms with van der Waals surface area (Å²) >= 11 is 8.98. The maximum Gasteiger partial charge on any atom is 0.266 e. The number of anilines is 1. The summed E-state index contributed by atoms with van der Waals surface area (Å²) in [6.07, 6.45) is 5.52. The molecular formula is C25H18ClN3OS2. The lowest BCUT2D eigenvalue weighted by molar-refractivity contribution is -0.112. The molecule has 4 nitrogen and oxygen atoms in total. The van der Waals surface area contributed by atoms with E-state index in [0.29, 0.717) is 15.6 Å². The maximum absolute atomic E-state index is 12.7. The monoisotopic (exact) mass is 475 g/mol. The largest absolute Gasteiger partial charge is 0.312 e. The van der Waals surface area contributed by atoms with Crippen molar-refractivity contribution in [1.29, 1.82) is 10.5 Å². The van der Waals surface area contributed by atoms with E-state index in [1.54, 1.807) is 17.8 Å². The number of hydrogen-bond donors (Lipinski definition) is 1. The smallest absolute Gasteiger partial charge is 0.266 e. The summed E-state index contributed by atoms with van der Waals surface area (Å²) in [4.78, 5) is 16.0. The molecule has 1 N–H and O–H groups in total. The number of carbonyl (C=O) groups is 1. The van der Waals surface area contributed by atoms with Crippen LogP contribution in [0.15, 0.2) is 63.9 Å². The second-order valence-electron chi connectivity index (χ2n) is 7.28. The van der Waals surface area contributed by atoms with Crippen molar-refractivity contribution in [3.8, 4) is 12.1 Å². The van der Waals surface area contributed by atoms with Gasteiger partial charge in [-0.05, 0) is 79.3 Å². The van der Waals surface area contributed by atoms with Crippen LogP contribution in [0.25, 0.3) is 6.08 Å². The number of nitrogens with one attached hydrogen (secondary N) is 1. The number of fused-ring (bicyclic) bond motifs is 1. The number of nitrogens with zero attached hydrogens (tertiary/aromatic N) is 2. The molecule has 1 aromatic heterocycles. The van der Waals surface area contributed by atoms with Crippen LogP contribution < -0.4 is 5.32 Å². The first-order valence-corrected chi connectivity index (χ1v) is 12.1. The highest BCUT2D eigenvalue weighted by atomic mass is 35.5. The van der Waals surface area contributed by atoms with Crippen LogP contribution in [0.1, 0.15) is 34.4 Å². The van der Waals surface area contributed by atoms with Crippen molar-refractivity contribution in [3.05, 3.63) is 80.7 Å². The van der Waals surface area contributed by atoms with Crippen LogP contribution in [-0.4, -0.2) is 5.91 Å². The molecule has 4 rings (SSSR count). The van der Waals surface area contributed by atoms with Crippen molar-refractivity contribution < 1.29 is 4.79 Å². The van der Waals surface area contributed by atoms with E-state index < -0.39 is 5.91 Å². The van der Waals surface area contributed by atoms with E-state index in [1.807, 2.05) is 54.6 Å². The zero-order valence-corrected chi connectivity index (χ0v) is 19.4. The summed E-state index contributed by atoms with van der Waals surface area (Å²) in [6.45, 7) is 0. The molecule has 2 aromatic carbocycles. The highest BCUT2D eigenvalue weighted by Gasteiger charge is 2.22. The second-order valence-corrected chi connectivity index (χ2v) is 9.96. The Bertz CT molecular complexity index is 1260. The molecule has 0 unspecified atom stereocenters. The van der Waals surface area contributed by atoms with Gasteiger partial charge in [-0.2, -0.15) is 10.5 Å². The molecule has 1 aliphatic carbocycles. The van der Waals surface area contributed by atoms with Gasteiger partial charge in [0.25, 0.3) is 5.91 Å². The number of hydrogen-bond acceptors (Lipinski definition) is 5. The standard InChI is InChI=1S/C25H18ClN3OS2/c26-18-7-11-20(12-8-18)31-19-9-5-16(6-10-19)13-17(14-27)24(30)29-25-22(15-28)21-3-1-2-4-23(21)32-25/h5-13H,1-4H2,(H,29,30)/b17-13+. The number of benzene rings is 2. The van der Waals surface area contributed by atoms with Gasteiger partial charge in [0, 0.05) is 19.7 Å². The van der Waals surface area contributed by atoms with Crippen LogP contribution in [0.3, 0.4) is 0 Å². The molecule has 0 fully saturated rings. The highest BCUT2D eigenvalue weighted by molar-refractivity contribution is 7.99. The summed E-state index contributed by atoms with van der Waals surface area (Å²) in [5.41, 5.74) is 2.34. The molecule has 1 heterocycles. The average molecular weight is 476 g/mol. The number of amides is 1. The maximum atomic E-state index is 12.7. The molecule has 3 aromatic rings. The quantitative estimate of drug-likeness (QED) is 0.323. The number of aryl methyl sites for hydroxylation is 1. The molecule has 0 atom stereocenters. The van der Waals surface area contributed by atoms with Gasteiger partial charge in [-0.1, -0.05) is 35.5 Å². The normalized spacial score (nSPS) is 13.0. The van der Waals surface area contributed by atoms with Gasteiger partial charge >= 0.3 is 0 Å². The van der Waals surface area contributed by atoms with Crippen LogP contribution in [-0.2, 0) is 17.6 Å². The van der Waals surface area contributed by atoms with Gasteiger partial charge in [0.1, 0.15) is 22.7 Å². The highest BCUT2D eigenvalue weighted by Crippen LogP contribution is 2.37. The lowest BCUT2D eigenvalue weighted by atomic mass is 9.96. The van der Waals surface area contributed by atoms with E-state index in [0.717, 1.165) is 46.6 Å². The SMILES string of the molecule is N#C/C(=C\c1ccc(Sc2ccc(Cl)cc2)cc1)C(=O)Nc1sc2c(c1C#N)CCCC2. The van der Waals surface area contributed by atoms with Crippen molar-refractivity contribution in [2.24, 2.45) is 0 Å². The minimum atomic E-state index is -0.498. The lowest BCUT2D eigenvalue weighted by Gasteiger charge is -2.09. The van der Waals surface area contributed by atoms with E-state index in [2.05, 4.69) is 11.4 Å². The molecule has 0 radical (unpaired) electrons. The van der Waals surface area contributed by atoms with Gasteiger partial charge < -0.3 is 5.32 Å². The predicted molar refractivity (Wildman–Crippen MR) is 130 cm³/mol. The lowest BCUT2D eigenvalue weighted by Crippen LogP contribution is -2.13. The summed E-state index contributed by atoms with van der Waals surface area (Å²) < 4.78 is 0. The third-order valence-electron chi connectivity index (χ3n) is 5.12. The average Bonchev–Trinajstić information content (AvgIpc) is 3.16. The van der Waals surface area contributed by atoms with Crippen LogP contribution in [0.4, 0.5) is 5.00 Å². The molecule has 0 saturated carbocycles. The first-order valence-electron chi connectivity index (χ1n) is 10.1. The summed E-state index contributed by atoms with van der Waals surface area (Å²) in [7, 11) is 0. The zero-order valence-electron chi connectivity index (χ0n) is 17.0. The van der Waals surface area contributed by atoms with E-state index in [9.17, 15) is 15.3 Å². The van der Waals surface area contributed by atoms with Crippen LogP contribution in [0.2, 0.25) is 5.02 Å². The van der Waals surface area contributed by atoms with Crippen molar-refractivity contribution >= 4 is 51.7 Å². The number of rotatable bonds is 5. The topological polar surface area (TPSA) is 76.7 Å². The first-order chi connectivity index (χ1) is 15.6. The van der Waals surface area contributed by atoms with E-state index in [4.69, 9.17) is 11.6 Å². The van der Waals surface area contributed by atoms with Crippen molar-refractivity contribution in [2.75, 3.05) is 5.32 Å². The Balaban J connectivity index is 1.49. The number of carbonyl (C=O) groups excluding carboxylic acids is 1. The first kappa shape index (κ1) is 22.2. The fourth-order valence-electron chi connectivity index (χ4n) is 3.53. The third kappa shape index (κ3) is 5.06. The predicted octanol–water partition coefficient (Wildman–Crippen LogP) is 6.85. The fourth-order valence-corrected chi connectivity index (χ4v) is 5.71. The number of thiophene rings is 1. The van der Waals surface area contributed by atoms with Gasteiger partial charge in [0.2, 0.25) is 0 Å². The van der Waals surface area contributed by atoms with E-state index in [-0.39, 0.29) is 5.57 Å². The summed E-state index contributed by atoms with van der Waals surface area (Å²) in [6, 6.07) is 19.4. The Labute approximate surface area is 200 Å². The van der Waals surface area contributed by atoms with Crippen molar-refractivity contribution in [3.63, 3.8) is 0 Å². The van der Waals surface area contributed by atoms with Gasteiger partial charge in [-0.15, -0.1) is 11.3 Å². The Morgan fingerprint density at radius 2 is 1.69 bits per heavy atom. The Morgan fingerprint density at radius 1 is 1.03 bits per heavy atom. The van der Waals surface area contributed by atoms with Gasteiger partial charge in [-0.3, -0.25) is 4.79 Å². The second kappa shape index (κ2) is 10.1. The Morgan fingerprint density at radius 3 is 2.34 bits per heavy atom. The molecule has 7 heteroatoms.